The second-order valence-electron chi connectivity index (χ2n) is 9.43. The van der Waals surface area contributed by atoms with E-state index in [1.54, 1.807) is 10.7 Å². The number of aryl methyl sites for hydroxylation is 1. The number of rotatable bonds is 6. The number of anilines is 1. The Bertz CT molecular complexity index is 1650. The molecule has 0 unspecified atom stereocenters. The number of benzene rings is 2. The first-order valence-electron chi connectivity index (χ1n) is 12.0. The Balaban J connectivity index is 1.45. The first-order valence-corrected chi connectivity index (χ1v) is 12.4. The molecule has 2 N–H and O–H groups in total. The topological polar surface area (TPSA) is 93.3 Å². The number of nitrogens with one attached hydrogen (secondary N) is 2. The maximum absolute atomic E-state index is 13.3. The molecule has 0 radical (unpaired) electrons. The second kappa shape index (κ2) is 9.71. The Labute approximate surface area is 219 Å². The molecule has 0 saturated heterocycles. The fraction of sp³-hybridized carbons (Fsp3) is 0.214. The summed E-state index contributed by atoms with van der Waals surface area (Å²) in [4.78, 5) is 29.7. The molecule has 3 heterocycles. The Morgan fingerprint density at radius 1 is 1.00 bits per heavy atom. The van der Waals surface area contributed by atoms with E-state index in [0.29, 0.717) is 16.2 Å². The van der Waals surface area contributed by atoms with Crippen molar-refractivity contribution in [2.45, 2.75) is 26.8 Å². The van der Waals surface area contributed by atoms with Gasteiger partial charge >= 0.3 is 0 Å². The van der Waals surface area contributed by atoms with E-state index < -0.39 is 0 Å². The number of hydrogen-bond donors (Lipinski definition) is 2. The molecular formula is C28H27ClN6O2. The molecule has 3 aromatic heterocycles. The van der Waals surface area contributed by atoms with Gasteiger partial charge in [-0.2, -0.15) is 4.98 Å². The number of halogens is 1. The normalized spacial score (nSPS) is 12.3. The highest BCUT2D eigenvalue weighted by Gasteiger charge is 2.18. The molecule has 0 bridgehead atoms. The maximum atomic E-state index is 13.3. The number of nitrogens with zero attached hydrogens (tertiary/aromatic N) is 4. The lowest BCUT2D eigenvalue weighted by Gasteiger charge is -2.14. The highest BCUT2D eigenvalue weighted by molar-refractivity contribution is 6.30. The zero-order valence-electron chi connectivity index (χ0n) is 21.0. The Hall–Kier alpha value is -4.17. The van der Waals surface area contributed by atoms with E-state index in [4.69, 9.17) is 11.6 Å². The Morgan fingerprint density at radius 3 is 2.54 bits per heavy atom. The van der Waals surface area contributed by atoms with Crippen molar-refractivity contribution in [2.75, 3.05) is 5.32 Å². The van der Waals surface area contributed by atoms with Gasteiger partial charge in [-0.3, -0.25) is 14.9 Å². The highest BCUT2D eigenvalue weighted by atomic mass is 35.5. The zero-order valence-corrected chi connectivity index (χ0v) is 21.7. The van der Waals surface area contributed by atoms with Crippen LogP contribution in [0.1, 0.15) is 42.7 Å². The molecule has 2 aromatic carbocycles. The van der Waals surface area contributed by atoms with Crippen molar-refractivity contribution in [3.05, 3.63) is 83.1 Å². The standard InChI is InChI=1S/C28H27ClN6O2/c1-16(2)26(36)32-28-31-25-14-20(10-11-35(25)33-28)19-8-9-24-22(13-19)23(15-34(24)4)27(37)30-17(3)18-6-5-7-21(29)12-18/h5-17H,1-4H3,(H,30,37)(H,32,33,36)/t17-/m0/s1. The molecule has 0 fully saturated rings. The molecule has 5 aromatic rings. The van der Waals surface area contributed by atoms with Crippen molar-refractivity contribution < 1.29 is 9.59 Å². The molecule has 2 amide bonds. The lowest BCUT2D eigenvalue weighted by molar-refractivity contribution is -0.118. The monoisotopic (exact) mass is 514 g/mol. The van der Waals surface area contributed by atoms with Crippen LogP contribution in [-0.4, -0.2) is 31.0 Å². The molecular weight excluding hydrogens is 488 g/mol. The highest BCUT2D eigenvalue weighted by Crippen LogP contribution is 2.29. The quantitative estimate of drug-likeness (QED) is 0.307. The van der Waals surface area contributed by atoms with E-state index in [0.717, 1.165) is 27.6 Å². The maximum Gasteiger partial charge on any atom is 0.253 e. The Morgan fingerprint density at radius 2 is 1.78 bits per heavy atom. The summed E-state index contributed by atoms with van der Waals surface area (Å²) in [5.41, 5.74) is 4.95. The van der Waals surface area contributed by atoms with Gasteiger partial charge in [-0.05, 0) is 60.0 Å². The van der Waals surface area contributed by atoms with Gasteiger partial charge in [0.05, 0.1) is 11.6 Å². The molecule has 37 heavy (non-hydrogen) atoms. The molecule has 5 rings (SSSR count). The Kier molecular flexibility index (Phi) is 6.43. The fourth-order valence-corrected chi connectivity index (χ4v) is 4.45. The van der Waals surface area contributed by atoms with Crippen LogP contribution < -0.4 is 10.6 Å². The number of aromatic nitrogens is 4. The second-order valence-corrected chi connectivity index (χ2v) is 9.87. The SMILES string of the molecule is CC(C)C(=O)Nc1nc2cc(-c3ccc4c(c3)c(C(=O)N[C@@H](C)c3cccc(Cl)c3)cn4C)ccn2n1. The van der Waals surface area contributed by atoms with Gasteiger partial charge in [-0.1, -0.05) is 43.6 Å². The average molecular weight is 515 g/mol. The van der Waals surface area contributed by atoms with Crippen LogP contribution in [0.5, 0.6) is 0 Å². The molecule has 0 aliphatic rings. The van der Waals surface area contributed by atoms with Crippen molar-refractivity contribution in [3.63, 3.8) is 0 Å². The van der Waals surface area contributed by atoms with Gasteiger partial charge in [0.25, 0.3) is 5.91 Å². The molecule has 0 aliphatic carbocycles. The summed E-state index contributed by atoms with van der Waals surface area (Å²) in [6.07, 6.45) is 3.65. The molecule has 188 valence electrons. The van der Waals surface area contributed by atoms with Crippen molar-refractivity contribution in [1.29, 1.82) is 0 Å². The van der Waals surface area contributed by atoms with Crippen molar-refractivity contribution in [1.82, 2.24) is 24.5 Å². The summed E-state index contributed by atoms with van der Waals surface area (Å²) in [6, 6.07) is 17.1. The van der Waals surface area contributed by atoms with Gasteiger partial charge in [0.15, 0.2) is 5.65 Å². The van der Waals surface area contributed by atoms with Gasteiger partial charge in [0.2, 0.25) is 11.9 Å². The van der Waals surface area contributed by atoms with Gasteiger partial charge in [-0.15, -0.1) is 5.10 Å². The van der Waals surface area contributed by atoms with Crippen molar-refractivity contribution in [2.24, 2.45) is 13.0 Å². The van der Waals surface area contributed by atoms with Gasteiger partial charge in [0, 0.05) is 41.3 Å². The van der Waals surface area contributed by atoms with E-state index in [1.165, 1.54) is 0 Å². The number of fused-ring (bicyclic) bond motifs is 2. The van der Waals surface area contributed by atoms with E-state index in [1.807, 2.05) is 93.2 Å². The minimum Gasteiger partial charge on any atom is -0.350 e. The first kappa shape index (κ1) is 24.5. The fourth-order valence-electron chi connectivity index (χ4n) is 4.25. The van der Waals surface area contributed by atoms with Crippen LogP contribution >= 0.6 is 11.6 Å². The van der Waals surface area contributed by atoms with Crippen LogP contribution in [-0.2, 0) is 11.8 Å². The van der Waals surface area contributed by atoms with E-state index in [-0.39, 0.29) is 29.7 Å². The molecule has 8 nitrogen and oxygen atoms in total. The van der Waals surface area contributed by atoms with E-state index in [9.17, 15) is 9.59 Å². The van der Waals surface area contributed by atoms with Gasteiger partial charge < -0.3 is 9.88 Å². The van der Waals surface area contributed by atoms with Crippen LogP contribution in [0.3, 0.4) is 0 Å². The summed E-state index contributed by atoms with van der Waals surface area (Å²) in [5.74, 6) is -0.198. The lowest BCUT2D eigenvalue weighted by atomic mass is 10.0. The van der Waals surface area contributed by atoms with Crippen LogP contribution in [0, 0.1) is 5.92 Å². The molecule has 0 aliphatic heterocycles. The minimum atomic E-state index is -0.203. The summed E-state index contributed by atoms with van der Waals surface area (Å²) in [6.45, 7) is 5.57. The van der Waals surface area contributed by atoms with Crippen molar-refractivity contribution >= 4 is 45.9 Å². The zero-order chi connectivity index (χ0) is 26.3. The van der Waals surface area contributed by atoms with Crippen LogP contribution in [0.2, 0.25) is 5.02 Å². The van der Waals surface area contributed by atoms with Crippen LogP contribution in [0.4, 0.5) is 5.95 Å². The number of pyridine rings is 1. The third-order valence-corrected chi connectivity index (χ3v) is 6.60. The van der Waals surface area contributed by atoms with Crippen LogP contribution in [0.25, 0.3) is 27.7 Å². The predicted octanol–water partition coefficient (Wildman–Crippen LogP) is 5.63. The molecule has 1 atom stereocenters. The lowest BCUT2D eigenvalue weighted by Crippen LogP contribution is -2.26. The predicted molar refractivity (Wildman–Crippen MR) is 146 cm³/mol. The summed E-state index contributed by atoms with van der Waals surface area (Å²) >= 11 is 6.13. The molecule has 0 saturated carbocycles. The van der Waals surface area contributed by atoms with E-state index in [2.05, 4.69) is 20.7 Å². The van der Waals surface area contributed by atoms with Crippen LogP contribution in [0.15, 0.2) is 67.0 Å². The number of carbonyl (C=O) groups excluding carboxylic acids is 2. The van der Waals surface area contributed by atoms with Gasteiger partial charge in [0.1, 0.15) is 0 Å². The van der Waals surface area contributed by atoms with Gasteiger partial charge in [-0.25, -0.2) is 4.52 Å². The number of amides is 2. The number of hydrogen-bond acceptors (Lipinski definition) is 4. The summed E-state index contributed by atoms with van der Waals surface area (Å²) in [5, 5.41) is 11.6. The molecule has 9 heteroatoms. The molecule has 0 spiro atoms. The third-order valence-electron chi connectivity index (χ3n) is 6.36. The first-order chi connectivity index (χ1) is 17.7. The van der Waals surface area contributed by atoms with Crippen molar-refractivity contribution in [3.8, 4) is 11.1 Å². The largest absolute Gasteiger partial charge is 0.350 e. The average Bonchev–Trinajstić information content (AvgIpc) is 3.43. The smallest absolute Gasteiger partial charge is 0.253 e. The van der Waals surface area contributed by atoms with E-state index >= 15 is 0 Å². The summed E-state index contributed by atoms with van der Waals surface area (Å²) < 4.78 is 3.57. The minimum absolute atomic E-state index is 0.138. The summed E-state index contributed by atoms with van der Waals surface area (Å²) in [7, 11) is 1.93. The number of carbonyl (C=O) groups is 2. The third kappa shape index (κ3) is 4.93.